The molecule has 0 aliphatic carbocycles. The zero-order valence-electron chi connectivity index (χ0n) is 56.5. The molecule has 0 fully saturated rings. The third-order valence-corrected chi connectivity index (χ3v) is 36.3. The number of esters is 2. The molecule has 0 radical (unpaired) electrons. The van der Waals surface area contributed by atoms with Crippen LogP contribution in [0.4, 0.5) is 4.79 Å². The van der Waals surface area contributed by atoms with Crippen molar-refractivity contribution in [2.75, 3.05) is 0 Å². The summed E-state index contributed by atoms with van der Waals surface area (Å²) in [5, 5.41) is 2.43. The Bertz CT molecular complexity index is 2780. The quantitative estimate of drug-likeness (QED) is 0.0535. The molecule has 0 saturated heterocycles. The maximum absolute atomic E-state index is 14.9. The molecular formula is C69H110N2O10Si4. The zero-order valence-corrected chi connectivity index (χ0v) is 60.5. The van der Waals surface area contributed by atoms with E-state index in [9.17, 15) is 19.2 Å². The van der Waals surface area contributed by atoms with Crippen molar-refractivity contribution < 1.29 is 46.4 Å². The average molecular weight is 1240 g/mol. The lowest BCUT2D eigenvalue weighted by Crippen LogP contribution is -2.46. The van der Waals surface area contributed by atoms with E-state index in [0.29, 0.717) is 48.3 Å². The molecule has 0 spiro atoms. The van der Waals surface area contributed by atoms with Crippen LogP contribution in [0.5, 0.6) is 11.5 Å². The molecule has 6 atom stereocenters. The van der Waals surface area contributed by atoms with Crippen LogP contribution in [-0.4, -0.2) is 86.5 Å². The number of carbonyl (C=O) groups is 4. The van der Waals surface area contributed by atoms with Gasteiger partial charge in [-0.1, -0.05) is 183 Å². The van der Waals surface area contributed by atoms with Crippen LogP contribution in [0.15, 0.2) is 110 Å². The van der Waals surface area contributed by atoms with E-state index in [1.54, 1.807) is 24.3 Å². The second-order valence-electron chi connectivity index (χ2n) is 29.7. The van der Waals surface area contributed by atoms with E-state index >= 15 is 0 Å². The summed E-state index contributed by atoms with van der Waals surface area (Å²) in [6, 6.07) is 10.8. The first kappa shape index (κ1) is 72.6. The van der Waals surface area contributed by atoms with Crippen molar-refractivity contribution in [2.45, 2.75) is 252 Å². The summed E-state index contributed by atoms with van der Waals surface area (Å²) in [4.78, 5) is 59.2. The van der Waals surface area contributed by atoms with Crippen molar-refractivity contribution in [3.8, 4) is 11.5 Å². The Morgan fingerprint density at radius 1 is 0.612 bits per heavy atom. The third kappa shape index (κ3) is 20.6. The molecule has 1 N–H and O–H groups in total. The normalized spacial score (nSPS) is 22.2. The highest BCUT2D eigenvalue weighted by Crippen LogP contribution is 2.44. The SMILES string of the molecule is CCC=C/C=C\C(=O)N(/C=C/CC1C[C@@H](O[Si](C)(C)C(C)(C)C)[C@@H](C)C/C=C/Cc2cccc(O[Si](C)(C)C(C)(C)C)c2C(=O)O1)C(=O)N/C=C/C[C@H]1C[C@@H](O[Si](C)(C)C(C)(C)C)[C@@H](C)/C=C/Cc2cccc(O[Si](C)(C)C(C)(C)C)c2C(=O)O1. The predicted molar refractivity (Wildman–Crippen MR) is 360 cm³/mol. The molecule has 85 heavy (non-hydrogen) atoms. The average Bonchev–Trinajstić information content (AvgIpc) is 2.26. The second-order valence-corrected chi connectivity index (χ2v) is 48.6. The Kier molecular flexibility index (Phi) is 25.5. The summed E-state index contributed by atoms with van der Waals surface area (Å²) in [7, 11) is -9.44. The summed E-state index contributed by atoms with van der Waals surface area (Å²) in [5.41, 5.74) is 2.44. The summed E-state index contributed by atoms with van der Waals surface area (Å²) in [6.07, 6.45) is 23.5. The van der Waals surface area contributed by atoms with Gasteiger partial charge in [0.05, 0.1) is 12.2 Å². The molecule has 12 nitrogen and oxygen atoms in total. The Hall–Kier alpha value is -4.85. The van der Waals surface area contributed by atoms with Gasteiger partial charge < -0.3 is 32.5 Å². The molecule has 16 heteroatoms. The Labute approximate surface area is 518 Å². The fraction of sp³-hybridized carbons (Fsp3) is 0.594. The number of fused-ring (bicyclic) bond motifs is 2. The number of nitrogens with zero attached hydrogens (tertiary/aromatic N) is 1. The maximum atomic E-state index is 14.9. The van der Waals surface area contributed by atoms with Crippen LogP contribution in [-0.2, 0) is 36.0 Å². The number of imide groups is 1. The minimum atomic E-state index is -2.40. The van der Waals surface area contributed by atoms with Crippen molar-refractivity contribution in [1.82, 2.24) is 10.2 Å². The number of rotatable bonds is 17. The minimum Gasteiger partial charge on any atom is -0.543 e. The zero-order chi connectivity index (χ0) is 64.1. The lowest BCUT2D eigenvalue weighted by molar-refractivity contribution is -0.121. The maximum Gasteiger partial charge on any atom is 0.342 e. The van der Waals surface area contributed by atoms with E-state index in [2.05, 4.69) is 179 Å². The number of hydrogen-bond donors (Lipinski definition) is 1. The molecule has 2 aromatic carbocycles. The number of carbonyl (C=O) groups excluding carboxylic acids is 4. The van der Waals surface area contributed by atoms with Gasteiger partial charge in [0.2, 0.25) is 0 Å². The van der Waals surface area contributed by atoms with Crippen molar-refractivity contribution in [1.29, 1.82) is 0 Å². The van der Waals surface area contributed by atoms with Crippen molar-refractivity contribution in [3.63, 3.8) is 0 Å². The van der Waals surface area contributed by atoms with E-state index in [1.165, 1.54) is 18.5 Å². The van der Waals surface area contributed by atoms with Gasteiger partial charge in [-0.3, -0.25) is 4.79 Å². The van der Waals surface area contributed by atoms with Gasteiger partial charge in [-0.15, -0.1) is 0 Å². The first-order chi connectivity index (χ1) is 39.1. The molecule has 3 amide bonds. The van der Waals surface area contributed by atoms with Crippen LogP contribution in [0.2, 0.25) is 72.5 Å². The van der Waals surface area contributed by atoms with Crippen molar-refractivity contribution in [2.24, 2.45) is 11.8 Å². The highest BCUT2D eigenvalue weighted by molar-refractivity contribution is 6.75. The summed E-state index contributed by atoms with van der Waals surface area (Å²) in [6.45, 7) is 50.3. The smallest absolute Gasteiger partial charge is 0.342 e. The largest absolute Gasteiger partial charge is 0.543 e. The molecule has 0 saturated carbocycles. The number of ether oxygens (including phenoxy) is 2. The Morgan fingerprint density at radius 3 is 1.55 bits per heavy atom. The number of benzene rings is 2. The highest BCUT2D eigenvalue weighted by atomic mass is 28.4. The summed E-state index contributed by atoms with van der Waals surface area (Å²) in [5.74, 6) is -0.474. The number of cyclic esters (lactones) is 2. The predicted octanol–water partition coefficient (Wildman–Crippen LogP) is 18.5. The summed E-state index contributed by atoms with van der Waals surface area (Å²) < 4.78 is 41.3. The van der Waals surface area contributed by atoms with Crippen LogP contribution in [0.3, 0.4) is 0 Å². The number of urea groups is 1. The molecule has 2 aliphatic heterocycles. The molecule has 472 valence electrons. The molecule has 2 heterocycles. The second kappa shape index (κ2) is 29.9. The highest BCUT2D eigenvalue weighted by Gasteiger charge is 2.45. The number of amides is 3. The van der Waals surface area contributed by atoms with Gasteiger partial charge in [0.15, 0.2) is 16.6 Å². The third-order valence-electron chi connectivity index (χ3n) is 18.6. The molecule has 0 bridgehead atoms. The number of allylic oxidation sites excluding steroid dienone is 6. The van der Waals surface area contributed by atoms with Crippen LogP contribution in [0, 0.1) is 11.8 Å². The van der Waals surface area contributed by atoms with Crippen LogP contribution < -0.4 is 14.2 Å². The van der Waals surface area contributed by atoms with Gasteiger partial charge in [-0.25, -0.2) is 19.3 Å². The van der Waals surface area contributed by atoms with E-state index < -0.39 is 69.4 Å². The number of hydrogen-bond acceptors (Lipinski definition) is 10. The van der Waals surface area contributed by atoms with Gasteiger partial charge in [-0.2, -0.15) is 0 Å². The number of nitrogens with one attached hydrogen (secondary N) is 1. The lowest BCUT2D eigenvalue weighted by atomic mass is 9.93. The van der Waals surface area contributed by atoms with Crippen LogP contribution >= 0.6 is 0 Å². The molecule has 0 aromatic heterocycles. The molecular weight excluding hydrogens is 1130 g/mol. The lowest BCUT2D eigenvalue weighted by Gasteiger charge is -2.41. The van der Waals surface area contributed by atoms with E-state index in [1.807, 2.05) is 49.4 Å². The van der Waals surface area contributed by atoms with Crippen molar-refractivity contribution >= 4 is 57.1 Å². The van der Waals surface area contributed by atoms with E-state index in [0.717, 1.165) is 28.9 Å². The minimum absolute atomic E-state index is 0.0152. The van der Waals surface area contributed by atoms with Crippen LogP contribution in [0.25, 0.3) is 0 Å². The topological polar surface area (TPSA) is 139 Å². The van der Waals surface area contributed by atoms with Gasteiger partial charge in [0.1, 0.15) is 34.8 Å². The molecule has 1 unspecified atom stereocenters. The van der Waals surface area contributed by atoms with Crippen molar-refractivity contribution in [3.05, 3.63) is 132 Å². The molecule has 2 aromatic rings. The standard InChI is InChI=1S/C69H110N2O10Si4/c1-24-25-26-27-45-60(72)71(47-34-42-55-49-58(80-84(20,21)68(10,11)12)50(2)35-28-29-37-52-39-31-43-56(61(52)63(73)77-55)78-82(16,17)66(4,5)6)65(75)70-46-33-41-54-48-59(81-85(22,23)69(13,14)15)51(3)36-30-38-53-40-32-44-57(62(53)64(74)76-54)79-83(18,19)67(7,8)9/h25-34,36,39-40,43-47,50-51,54-55,58-59H,24,35,37-38,41-42,48-49H2,1-23H3,(H,70,75)/b26-25?,29-28+,36-30+,45-27-,46-33+,47-34+/t50-,51-,54-,55?,58+,59+/m0/s1. The molecule has 4 rings (SSSR count). The fourth-order valence-corrected chi connectivity index (χ4v) is 13.7. The van der Waals surface area contributed by atoms with Gasteiger partial charge >= 0.3 is 18.0 Å². The Morgan fingerprint density at radius 2 is 1.07 bits per heavy atom. The Balaban J connectivity index is 1.76. The first-order valence-corrected chi connectivity index (χ1v) is 42.8. The van der Waals surface area contributed by atoms with Crippen LogP contribution in [0.1, 0.15) is 174 Å². The van der Waals surface area contributed by atoms with E-state index in [4.69, 9.17) is 27.2 Å². The molecule has 2 aliphatic rings. The van der Waals surface area contributed by atoms with Gasteiger partial charge in [-0.05, 0) is 133 Å². The van der Waals surface area contributed by atoms with Gasteiger partial charge in [0.25, 0.3) is 22.5 Å². The monoisotopic (exact) mass is 1240 g/mol. The van der Waals surface area contributed by atoms with E-state index in [-0.39, 0.29) is 57.0 Å². The fourth-order valence-electron chi connectivity index (χ4n) is 8.80. The van der Waals surface area contributed by atoms with Gasteiger partial charge in [0, 0.05) is 44.2 Å². The first-order valence-electron chi connectivity index (χ1n) is 31.1. The summed E-state index contributed by atoms with van der Waals surface area (Å²) >= 11 is 0.